The van der Waals surface area contributed by atoms with Gasteiger partial charge < -0.3 is 9.80 Å². The fourth-order valence-electron chi connectivity index (χ4n) is 3.45. The Bertz CT molecular complexity index is 786. The fraction of sp³-hybridized carbons (Fsp3) is 0.471. The van der Waals surface area contributed by atoms with E-state index in [0.717, 1.165) is 12.0 Å². The van der Waals surface area contributed by atoms with E-state index in [-0.39, 0.29) is 36.0 Å². The van der Waals surface area contributed by atoms with Crippen LogP contribution >= 0.6 is 0 Å². The first kappa shape index (κ1) is 16.6. The number of benzene rings is 1. The van der Waals surface area contributed by atoms with E-state index < -0.39 is 0 Å². The molecule has 1 aliphatic heterocycles. The molecule has 4 rings (SSSR count). The van der Waals surface area contributed by atoms with E-state index in [2.05, 4.69) is 15.5 Å². The Morgan fingerprint density at radius 2 is 1.77 bits per heavy atom. The van der Waals surface area contributed by atoms with Crippen LogP contribution < -0.4 is 0 Å². The summed E-state index contributed by atoms with van der Waals surface area (Å²) in [5.41, 5.74) is 1.01. The van der Waals surface area contributed by atoms with Crippen LogP contribution in [0, 0.1) is 11.7 Å². The number of tetrazole rings is 1. The highest BCUT2D eigenvalue weighted by Crippen LogP contribution is 2.48. The van der Waals surface area contributed by atoms with Crippen molar-refractivity contribution in [3.63, 3.8) is 0 Å². The van der Waals surface area contributed by atoms with Gasteiger partial charge >= 0.3 is 0 Å². The van der Waals surface area contributed by atoms with Crippen LogP contribution in [0.3, 0.4) is 0 Å². The third-order valence-electron chi connectivity index (χ3n) is 5.04. The van der Waals surface area contributed by atoms with Crippen molar-refractivity contribution in [2.75, 3.05) is 26.2 Å². The number of carbonyl (C=O) groups excluding carboxylic acids is 2. The highest BCUT2D eigenvalue weighted by Gasteiger charge is 2.46. The van der Waals surface area contributed by atoms with Gasteiger partial charge in [-0.2, -0.15) is 0 Å². The average molecular weight is 358 g/mol. The van der Waals surface area contributed by atoms with E-state index in [1.807, 2.05) is 4.90 Å². The number of halogens is 1. The van der Waals surface area contributed by atoms with E-state index in [1.54, 1.807) is 17.0 Å². The molecule has 136 valence electrons. The molecule has 0 radical (unpaired) electrons. The van der Waals surface area contributed by atoms with Gasteiger partial charge in [0.2, 0.25) is 11.8 Å². The van der Waals surface area contributed by atoms with Gasteiger partial charge in [0, 0.05) is 32.1 Å². The van der Waals surface area contributed by atoms with Crippen LogP contribution in [0.4, 0.5) is 4.39 Å². The minimum Gasteiger partial charge on any atom is -0.339 e. The quantitative estimate of drug-likeness (QED) is 0.784. The average Bonchev–Trinajstić information content (AvgIpc) is 3.30. The van der Waals surface area contributed by atoms with Crippen LogP contribution in [0.2, 0.25) is 0 Å². The molecule has 8 nitrogen and oxygen atoms in total. The maximum Gasteiger partial charge on any atom is 0.244 e. The van der Waals surface area contributed by atoms with Crippen molar-refractivity contribution in [1.29, 1.82) is 0 Å². The first-order valence-electron chi connectivity index (χ1n) is 8.64. The number of rotatable bonds is 4. The van der Waals surface area contributed by atoms with Crippen LogP contribution in [0.25, 0.3) is 0 Å². The lowest BCUT2D eigenvalue weighted by Crippen LogP contribution is -2.51. The smallest absolute Gasteiger partial charge is 0.244 e. The number of carbonyl (C=O) groups is 2. The topological polar surface area (TPSA) is 84.2 Å². The third kappa shape index (κ3) is 3.42. The molecule has 2 heterocycles. The lowest BCUT2D eigenvalue weighted by atomic mass is 10.1. The molecule has 1 saturated carbocycles. The Hall–Kier alpha value is -2.84. The second kappa shape index (κ2) is 6.81. The summed E-state index contributed by atoms with van der Waals surface area (Å²) in [6, 6.07) is 6.38. The molecule has 0 N–H and O–H groups in total. The Morgan fingerprint density at radius 1 is 1.08 bits per heavy atom. The maximum absolute atomic E-state index is 13.0. The number of aromatic nitrogens is 4. The number of nitrogens with zero attached hydrogens (tertiary/aromatic N) is 6. The van der Waals surface area contributed by atoms with Gasteiger partial charge in [0.1, 0.15) is 18.7 Å². The highest BCUT2D eigenvalue weighted by atomic mass is 19.1. The second-order valence-corrected chi connectivity index (χ2v) is 6.71. The highest BCUT2D eigenvalue weighted by molar-refractivity contribution is 5.83. The minimum absolute atomic E-state index is 0.0241. The van der Waals surface area contributed by atoms with Crippen molar-refractivity contribution in [3.8, 4) is 0 Å². The maximum atomic E-state index is 13.0. The van der Waals surface area contributed by atoms with Gasteiger partial charge in [-0.3, -0.25) is 9.59 Å². The molecule has 26 heavy (non-hydrogen) atoms. The van der Waals surface area contributed by atoms with Crippen LogP contribution in [0.1, 0.15) is 17.9 Å². The van der Waals surface area contributed by atoms with E-state index >= 15 is 0 Å². The van der Waals surface area contributed by atoms with Crippen molar-refractivity contribution >= 4 is 11.8 Å². The molecule has 0 bridgehead atoms. The summed E-state index contributed by atoms with van der Waals surface area (Å²) in [6.07, 6.45) is 2.21. The first-order chi connectivity index (χ1) is 12.6. The molecule has 2 fully saturated rings. The molecule has 0 spiro atoms. The zero-order valence-corrected chi connectivity index (χ0v) is 14.2. The van der Waals surface area contributed by atoms with E-state index in [4.69, 9.17) is 0 Å². The molecule has 1 aromatic carbocycles. The molecular weight excluding hydrogens is 339 g/mol. The molecule has 9 heteroatoms. The van der Waals surface area contributed by atoms with Gasteiger partial charge in [-0.25, -0.2) is 9.07 Å². The van der Waals surface area contributed by atoms with E-state index in [1.165, 1.54) is 23.1 Å². The van der Waals surface area contributed by atoms with Crippen LogP contribution in [0.15, 0.2) is 30.6 Å². The van der Waals surface area contributed by atoms with E-state index in [0.29, 0.717) is 26.2 Å². The largest absolute Gasteiger partial charge is 0.339 e. The summed E-state index contributed by atoms with van der Waals surface area (Å²) in [7, 11) is 0. The number of hydrogen-bond acceptors (Lipinski definition) is 5. The normalized spacial score (nSPS) is 22.3. The van der Waals surface area contributed by atoms with Gasteiger partial charge in [0.05, 0.1) is 0 Å². The number of hydrogen-bond donors (Lipinski definition) is 0. The lowest BCUT2D eigenvalue weighted by molar-refractivity contribution is -0.140. The lowest BCUT2D eigenvalue weighted by Gasteiger charge is -2.35. The zero-order chi connectivity index (χ0) is 18.1. The number of piperazine rings is 1. The monoisotopic (exact) mass is 358 g/mol. The van der Waals surface area contributed by atoms with Gasteiger partial charge in [0.15, 0.2) is 0 Å². The molecule has 1 saturated heterocycles. The van der Waals surface area contributed by atoms with Crippen LogP contribution in [-0.4, -0.2) is 68.0 Å². The van der Waals surface area contributed by atoms with Crippen molar-refractivity contribution in [2.45, 2.75) is 18.9 Å². The summed E-state index contributed by atoms with van der Waals surface area (Å²) < 4.78 is 14.4. The molecule has 2 atom stereocenters. The summed E-state index contributed by atoms with van der Waals surface area (Å²) in [5, 5.41) is 10.7. The molecule has 2 unspecified atom stereocenters. The zero-order valence-electron chi connectivity index (χ0n) is 14.2. The van der Waals surface area contributed by atoms with Crippen molar-refractivity contribution in [2.24, 2.45) is 5.92 Å². The summed E-state index contributed by atoms with van der Waals surface area (Å²) in [6.45, 7) is 2.21. The first-order valence-corrected chi connectivity index (χ1v) is 8.64. The predicted octanol–water partition coefficient (Wildman–Crippen LogP) is 0.287. The second-order valence-electron chi connectivity index (χ2n) is 6.71. The van der Waals surface area contributed by atoms with Crippen molar-refractivity contribution in [1.82, 2.24) is 30.0 Å². The van der Waals surface area contributed by atoms with Crippen LogP contribution in [-0.2, 0) is 16.1 Å². The van der Waals surface area contributed by atoms with Gasteiger partial charge in [-0.1, -0.05) is 12.1 Å². The molecule has 2 aromatic rings. The molecule has 1 aromatic heterocycles. The molecule has 1 aliphatic carbocycles. The Kier molecular flexibility index (Phi) is 4.36. The van der Waals surface area contributed by atoms with Gasteiger partial charge in [-0.05, 0) is 40.5 Å². The SMILES string of the molecule is O=C(Cn1cnnn1)N1CCN(C(=O)C2CC2c2ccc(F)cc2)CC1. The fourth-order valence-corrected chi connectivity index (χ4v) is 3.45. The summed E-state index contributed by atoms with van der Waals surface area (Å²) in [5.74, 6) is -0.0295. The molecular formula is C17H19FN6O2. The van der Waals surface area contributed by atoms with Crippen LogP contribution in [0.5, 0.6) is 0 Å². The van der Waals surface area contributed by atoms with Crippen molar-refractivity contribution < 1.29 is 14.0 Å². The Balaban J connectivity index is 1.27. The minimum atomic E-state index is -0.264. The summed E-state index contributed by atoms with van der Waals surface area (Å²) >= 11 is 0. The Labute approximate surface area is 149 Å². The Morgan fingerprint density at radius 3 is 2.42 bits per heavy atom. The van der Waals surface area contributed by atoms with Gasteiger partial charge in [0.25, 0.3) is 0 Å². The summed E-state index contributed by atoms with van der Waals surface area (Å²) in [4.78, 5) is 28.5. The molecule has 2 amide bonds. The third-order valence-corrected chi connectivity index (χ3v) is 5.04. The van der Waals surface area contributed by atoms with Gasteiger partial charge in [-0.15, -0.1) is 5.10 Å². The standard InChI is InChI=1S/C17H19FN6O2/c18-13-3-1-12(2-4-13)14-9-15(14)17(26)23-7-5-22(6-8-23)16(25)10-24-11-19-20-21-24/h1-4,11,14-15H,5-10H2. The van der Waals surface area contributed by atoms with E-state index in [9.17, 15) is 14.0 Å². The molecule has 2 aliphatic rings. The number of amides is 2. The van der Waals surface area contributed by atoms with Crippen molar-refractivity contribution in [3.05, 3.63) is 42.0 Å². The predicted molar refractivity (Wildman–Crippen MR) is 88.2 cm³/mol.